The second-order valence-corrected chi connectivity index (χ2v) is 6.17. The molecule has 0 bridgehead atoms. The van der Waals surface area contributed by atoms with Gasteiger partial charge in [-0.05, 0) is 36.4 Å². The predicted octanol–water partition coefficient (Wildman–Crippen LogP) is 0.480. The number of aliphatic hydroxyl groups is 1. The summed E-state index contributed by atoms with van der Waals surface area (Å²) in [5.41, 5.74) is 0.318. The van der Waals surface area contributed by atoms with Gasteiger partial charge in [-0.25, -0.2) is 13.1 Å². The van der Waals surface area contributed by atoms with Crippen molar-refractivity contribution in [3.05, 3.63) is 54.0 Å². The van der Waals surface area contributed by atoms with E-state index in [1.807, 2.05) is 0 Å². The molecule has 0 atom stereocenters. The smallest absolute Gasteiger partial charge is 0.251 e. The van der Waals surface area contributed by atoms with Crippen LogP contribution in [0.5, 0.6) is 0 Å². The summed E-state index contributed by atoms with van der Waals surface area (Å²) < 4.78 is 31.6. The molecule has 118 valence electrons. The van der Waals surface area contributed by atoms with Crippen molar-refractivity contribution in [2.45, 2.75) is 11.4 Å². The third kappa shape index (κ3) is 4.17. The highest BCUT2D eigenvalue weighted by molar-refractivity contribution is 7.89. The van der Waals surface area contributed by atoms with Crippen LogP contribution in [0.15, 0.2) is 52.0 Å². The van der Waals surface area contributed by atoms with Gasteiger partial charge in [-0.2, -0.15) is 0 Å². The first-order chi connectivity index (χ1) is 10.5. The van der Waals surface area contributed by atoms with Crippen molar-refractivity contribution < 1.29 is 22.7 Å². The highest BCUT2D eigenvalue weighted by atomic mass is 32.2. The zero-order valence-electron chi connectivity index (χ0n) is 11.7. The van der Waals surface area contributed by atoms with Crippen molar-refractivity contribution in [3.63, 3.8) is 0 Å². The lowest BCUT2D eigenvalue weighted by Crippen LogP contribution is -2.26. The molecular formula is C14H16N2O5S. The van der Waals surface area contributed by atoms with E-state index in [1.54, 1.807) is 12.1 Å². The van der Waals surface area contributed by atoms with E-state index in [0.717, 1.165) is 0 Å². The molecule has 0 spiro atoms. The van der Waals surface area contributed by atoms with Crippen molar-refractivity contribution in [2.75, 3.05) is 13.2 Å². The van der Waals surface area contributed by atoms with E-state index >= 15 is 0 Å². The lowest BCUT2D eigenvalue weighted by molar-refractivity contribution is 0.0944. The number of carbonyl (C=O) groups excluding carboxylic acids is 1. The lowest BCUT2D eigenvalue weighted by Gasteiger charge is -2.07. The van der Waals surface area contributed by atoms with Crippen LogP contribution >= 0.6 is 0 Å². The van der Waals surface area contributed by atoms with Crippen LogP contribution in [-0.2, 0) is 16.6 Å². The minimum absolute atomic E-state index is 0.0497. The SMILES string of the molecule is O=C(NCCO)c1ccc(S(=O)(=O)NCc2ccco2)cc1. The molecule has 0 aliphatic heterocycles. The highest BCUT2D eigenvalue weighted by Gasteiger charge is 2.15. The van der Waals surface area contributed by atoms with Crippen molar-refractivity contribution in [2.24, 2.45) is 0 Å². The Bertz CT molecular complexity index is 708. The number of aliphatic hydroxyl groups excluding tert-OH is 1. The molecule has 1 amide bonds. The van der Waals surface area contributed by atoms with Gasteiger partial charge >= 0.3 is 0 Å². The average molecular weight is 324 g/mol. The van der Waals surface area contributed by atoms with E-state index in [-0.39, 0.29) is 30.5 Å². The molecule has 0 unspecified atom stereocenters. The second-order valence-electron chi connectivity index (χ2n) is 4.41. The van der Waals surface area contributed by atoms with Crippen LogP contribution in [0, 0.1) is 0 Å². The topological polar surface area (TPSA) is 109 Å². The van der Waals surface area contributed by atoms with Crippen LogP contribution in [-0.4, -0.2) is 32.6 Å². The van der Waals surface area contributed by atoms with E-state index in [4.69, 9.17) is 9.52 Å². The molecule has 22 heavy (non-hydrogen) atoms. The summed E-state index contributed by atoms with van der Waals surface area (Å²) in [5.74, 6) is 0.130. The summed E-state index contributed by atoms with van der Waals surface area (Å²) in [4.78, 5) is 11.7. The maximum atomic E-state index is 12.1. The summed E-state index contributed by atoms with van der Waals surface area (Å²) >= 11 is 0. The molecule has 7 nitrogen and oxygen atoms in total. The third-order valence-corrected chi connectivity index (χ3v) is 4.26. The summed E-state index contributed by atoms with van der Waals surface area (Å²) in [6.45, 7) is 0.0343. The number of furan rings is 1. The lowest BCUT2D eigenvalue weighted by atomic mass is 10.2. The Hall–Kier alpha value is -2.16. The first kappa shape index (κ1) is 16.2. The molecule has 1 aromatic carbocycles. The fourth-order valence-electron chi connectivity index (χ4n) is 1.72. The molecule has 0 radical (unpaired) electrons. The van der Waals surface area contributed by atoms with Crippen LogP contribution in [0.2, 0.25) is 0 Å². The minimum atomic E-state index is -3.68. The van der Waals surface area contributed by atoms with Crippen molar-refractivity contribution in [3.8, 4) is 0 Å². The number of hydrogen-bond acceptors (Lipinski definition) is 5. The molecule has 1 heterocycles. The van der Waals surface area contributed by atoms with Crippen LogP contribution in [0.25, 0.3) is 0 Å². The molecule has 8 heteroatoms. The summed E-state index contributed by atoms with van der Waals surface area (Å²) in [6.07, 6.45) is 1.46. The Morgan fingerprint density at radius 2 is 1.91 bits per heavy atom. The molecule has 0 aliphatic rings. The number of hydrogen-bond donors (Lipinski definition) is 3. The Morgan fingerprint density at radius 1 is 1.18 bits per heavy atom. The summed E-state index contributed by atoms with van der Waals surface area (Å²) in [5, 5.41) is 11.1. The fourth-order valence-corrected chi connectivity index (χ4v) is 2.71. The van der Waals surface area contributed by atoms with Crippen molar-refractivity contribution >= 4 is 15.9 Å². The van der Waals surface area contributed by atoms with Crippen LogP contribution in [0.4, 0.5) is 0 Å². The highest BCUT2D eigenvalue weighted by Crippen LogP contribution is 2.11. The predicted molar refractivity (Wildman–Crippen MR) is 78.6 cm³/mol. The van der Waals surface area contributed by atoms with E-state index in [0.29, 0.717) is 11.3 Å². The van der Waals surface area contributed by atoms with Crippen LogP contribution in [0.3, 0.4) is 0 Å². The van der Waals surface area contributed by atoms with Gasteiger partial charge < -0.3 is 14.8 Å². The van der Waals surface area contributed by atoms with E-state index in [1.165, 1.54) is 30.5 Å². The van der Waals surface area contributed by atoms with E-state index in [2.05, 4.69) is 10.0 Å². The monoisotopic (exact) mass is 324 g/mol. The van der Waals surface area contributed by atoms with Crippen LogP contribution < -0.4 is 10.0 Å². The maximum Gasteiger partial charge on any atom is 0.251 e. The zero-order chi connectivity index (χ0) is 16.0. The first-order valence-corrected chi connectivity index (χ1v) is 8.02. The Balaban J connectivity index is 2.03. The fraction of sp³-hybridized carbons (Fsp3) is 0.214. The minimum Gasteiger partial charge on any atom is -0.468 e. The average Bonchev–Trinajstić information content (AvgIpc) is 3.04. The molecule has 0 saturated heterocycles. The van der Waals surface area contributed by atoms with Crippen LogP contribution in [0.1, 0.15) is 16.1 Å². The number of rotatable bonds is 7. The van der Waals surface area contributed by atoms with Gasteiger partial charge in [0, 0.05) is 12.1 Å². The number of benzene rings is 1. The largest absolute Gasteiger partial charge is 0.468 e. The summed E-state index contributed by atoms with van der Waals surface area (Å²) in [7, 11) is -3.68. The Kier molecular flexibility index (Phi) is 5.31. The normalized spacial score (nSPS) is 11.3. The molecule has 2 rings (SSSR count). The number of amides is 1. The van der Waals surface area contributed by atoms with Gasteiger partial charge in [-0.1, -0.05) is 0 Å². The number of nitrogens with one attached hydrogen (secondary N) is 2. The van der Waals surface area contributed by atoms with Gasteiger partial charge in [0.05, 0.1) is 24.3 Å². The molecular weight excluding hydrogens is 308 g/mol. The maximum absolute atomic E-state index is 12.1. The van der Waals surface area contributed by atoms with Crippen molar-refractivity contribution in [1.29, 1.82) is 0 Å². The number of sulfonamides is 1. The van der Waals surface area contributed by atoms with Gasteiger partial charge in [0.1, 0.15) is 5.76 Å². The first-order valence-electron chi connectivity index (χ1n) is 6.54. The number of carbonyl (C=O) groups is 1. The van der Waals surface area contributed by atoms with E-state index < -0.39 is 10.0 Å². The molecule has 0 saturated carbocycles. The van der Waals surface area contributed by atoms with Gasteiger partial charge in [-0.15, -0.1) is 0 Å². The second kappa shape index (κ2) is 7.21. The molecule has 1 aromatic heterocycles. The summed E-state index contributed by atoms with van der Waals surface area (Å²) in [6, 6.07) is 8.85. The van der Waals surface area contributed by atoms with Gasteiger partial charge in [0.25, 0.3) is 5.91 Å². The van der Waals surface area contributed by atoms with E-state index in [9.17, 15) is 13.2 Å². The standard InChI is InChI=1S/C14H16N2O5S/c17-8-7-15-14(18)11-3-5-13(6-4-11)22(19,20)16-10-12-2-1-9-21-12/h1-6,9,16-17H,7-8,10H2,(H,15,18). The molecule has 0 aliphatic carbocycles. The van der Waals surface area contributed by atoms with Gasteiger partial charge in [0.15, 0.2) is 0 Å². The molecule has 2 aromatic rings. The third-order valence-electron chi connectivity index (χ3n) is 2.84. The van der Waals surface area contributed by atoms with Gasteiger partial charge in [-0.3, -0.25) is 4.79 Å². The Labute approximate surface area is 128 Å². The molecule has 0 fully saturated rings. The van der Waals surface area contributed by atoms with Crippen molar-refractivity contribution in [1.82, 2.24) is 10.0 Å². The Morgan fingerprint density at radius 3 is 2.50 bits per heavy atom. The van der Waals surface area contributed by atoms with Gasteiger partial charge in [0.2, 0.25) is 10.0 Å². The zero-order valence-corrected chi connectivity index (χ0v) is 12.5. The molecule has 3 N–H and O–H groups in total. The quantitative estimate of drug-likeness (QED) is 0.686.